The number of aryl methyl sites for hydroxylation is 1. The van der Waals surface area contributed by atoms with Crippen LogP contribution in [0, 0.1) is 0 Å². The third-order valence-electron chi connectivity index (χ3n) is 6.47. The molecular formula is C28H34N6O5. The number of hydrogen-bond donors (Lipinski definition) is 3. The highest BCUT2D eigenvalue weighted by Gasteiger charge is 2.33. The number of nitrogens with two attached hydrogens (primary N) is 1. The minimum absolute atomic E-state index is 0.169. The number of likely N-dealkylation sites (tertiary alicyclic amines) is 1. The number of aromatic nitrogens is 3. The van der Waals surface area contributed by atoms with Gasteiger partial charge in [-0.15, -0.1) is 0 Å². The van der Waals surface area contributed by atoms with E-state index in [0.717, 1.165) is 16.7 Å². The van der Waals surface area contributed by atoms with Crippen molar-refractivity contribution in [2.75, 3.05) is 24.2 Å². The monoisotopic (exact) mass is 534 g/mol. The summed E-state index contributed by atoms with van der Waals surface area (Å²) in [6.45, 7) is 8.29. The first-order valence-electron chi connectivity index (χ1n) is 12.9. The number of rotatable bonds is 6. The highest BCUT2D eigenvalue weighted by Crippen LogP contribution is 2.31. The molecule has 0 spiro atoms. The van der Waals surface area contributed by atoms with Crippen LogP contribution in [0.5, 0.6) is 0 Å². The fraction of sp³-hybridized carbons (Fsp3) is 0.393. The van der Waals surface area contributed by atoms with E-state index in [1.165, 1.54) is 0 Å². The number of nitrogens with zero attached hydrogens (tertiary/aromatic N) is 4. The second-order valence-electron chi connectivity index (χ2n) is 10.5. The first kappa shape index (κ1) is 27.6. The Morgan fingerprint density at radius 3 is 2.54 bits per heavy atom. The lowest BCUT2D eigenvalue weighted by Crippen LogP contribution is -2.43. The van der Waals surface area contributed by atoms with Crippen LogP contribution in [0.1, 0.15) is 78.7 Å². The van der Waals surface area contributed by atoms with Crippen LogP contribution in [-0.4, -0.2) is 61.3 Å². The number of imidazole rings is 1. The molecule has 0 bridgehead atoms. The molecule has 206 valence electrons. The highest BCUT2D eigenvalue weighted by atomic mass is 16.6. The molecule has 1 aliphatic heterocycles. The van der Waals surface area contributed by atoms with Gasteiger partial charge < -0.3 is 25.9 Å². The van der Waals surface area contributed by atoms with Crippen LogP contribution in [0.2, 0.25) is 0 Å². The first-order valence-corrected chi connectivity index (χ1v) is 12.9. The Morgan fingerprint density at radius 2 is 1.90 bits per heavy atom. The molecule has 1 saturated heterocycles. The van der Waals surface area contributed by atoms with Gasteiger partial charge >= 0.3 is 12.1 Å². The van der Waals surface area contributed by atoms with E-state index < -0.39 is 17.7 Å². The minimum Gasteiger partial charge on any atom is -0.476 e. The zero-order valence-electron chi connectivity index (χ0n) is 22.6. The number of benzene rings is 1. The molecule has 4 rings (SSSR count). The van der Waals surface area contributed by atoms with Crippen LogP contribution in [0.25, 0.3) is 11.3 Å². The number of ether oxygens (including phenoxy) is 1. The predicted molar refractivity (Wildman–Crippen MR) is 146 cm³/mol. The van der Waals surface area contributed by atoms with Crippen LogP contribution < -0.4 is 11.2 Å². The Balaban J connectivity index is 1.56. The van der Waals surface area contributed by atoms with Crippen LogP contribution in [0.3, 0.4) is 0 Å². The van der Waals surface area contributed by atoms with Gasteiger partial charge in [0.15, 0.2) is 5.69 Å². The quantitative estimate of drug-likeness (QED) is 0.396. The molecule has 4 N–H and O–H groups in total. The van der Waals surface area contributed by atoms with Crippen molar-refractivity contribution in [3.8, 4) is 11.3 Å². The number of carboxylic acid groups (broad SMARTS) is 1. The van der Waals surface area contributed by atoms with E-state index in [0.29, 0.717) is 48.7 Å². The molecule has 0 unspecified atom stereocenters. The number of pyridine rings is 1. The van der Waals surface area contributed by atoms with Crippen molar-refractivity contribution in [2.24, 2.45) is 0 Å². The molecular weight excluding hydrogens is 500 g/mol. The molecule has 11 heteroatoms. The van der Waals surface area contributed by atoms with Gasteiger partial charge in [-0.1, -0.05) is 19.1 Å². The lowest BCUT2D eigenvalue weighted by molar-refractivity contribution is 0.0194. The summed E-state index contributed by atoms with van der Waals surface area (Å²) < 4.78 is 6.60. The van der Waals surface area contributed by atoms with Crippen molar-refractivity contribution < 1.29 is 24.2 Å². The van der Waals surface area contributed by atoms with E-state index in [-0.39, 0.29) is 23.2 Å². The molecule has 11 nitrogen and oxygen atoms in total. The van der Waals surface area contributed by atoms with Gasteiger partial charge in [-0.05, 0) is 69.9 Å². The number of anilines is 1. The molecule has 3 heterocycles. The standard InChI is InChI=1S/C28H34N6O5/c1-5-17-12-13-30-21(15-17)31-25(35)19-10-8-18(9-11-19)22-23(26(36)37)34(29)24(32-22)20-7-6-14-33(16-20)27(38)39-28(2,3)4/h8-13,15,20H,5-7,14,16,29H2,1-4H3,(H,36,37)(H,30,31,35)/t20-/m1/s1. The summed E-state index contributed by atoms with van der Waals surface area (Å²) in [4.78, 5) is 48.0. The summed E-state index contributed by atoms with van der Waals surface area (Å²) >= 11 is 0. The maximum Gasteiger partial charge on any atom is 0.410 e. The van der Waals surface area contributed by atoms with E-state index >= 15 is 0 Å². The summed E-state index contributed by atoms with van der Waals surface area (Å²) in [5.41, 5.74) is 1.33. The summed E-state index contributed by atoms with van der Waals surface area (Å²) in [6, 6.07) is 10.2. The molecule has 0 aliphatic carbocycles. The summed E-state index contributed by atoms with van der Waals surface area (Å²) in [6.07, 6.45) is 3.44. The molecule has 1 aromatic carbocycles. The Bertz CT molecular complexity index is 1380. The predicted octanol–water partition coefficient (Wildman–Crippen LogP) is 4.29. The number of carbonyl (C=O) groups excluding carboxylic acids is 2. The van der Waals surface area contributed by atoms with E-state index in [9.17, 15) is 19.5 Å². The molecule has 1 fully saturated rings. The van der Waals surface area contributed by atoms with Crippen molar-refractivity contribution in [2.45, 2.75) is 58.5 Å². The van der Waals surface area contributed by atoms with E-state index in [2.05, 4.69) is 15.3 Å². The van der Waals surface area contributed by atoms with Crippen molar-refractivity contribution in [1.82, 2.24) is 19.5 Å². The van der Waals surface area contributed by atoms with Gasteiger partial charge in [-0.25, -0.2) is 24.2 Å². The SMILES string of the molecule is CCc1ccnc(NC(=O)c2ccc(-c3nc([C@@H]4CCCN(C(=O)OC(C)(C)C)C4)n(N)c3C(=O)O)cc2)c1. The number of carbonyl (C=O) groups is 3. The first-order chi connectivity index (χ1) is 18.5. The van der Waals surface area contributed by atoms with Crippen molar-refractivity contribution in [1.29, 1.82) is 0 Å². The van der Waals surface area contributed by atoms with Gasteiger partial charge in [0.05, 0.1) is 0 Å². The average molecular weight is 535 g/mol. The van der Waals surface area contributed by atoms with Gasteiger partial charge in [0, 0.05) is 36.3 Å². The number of aromatic carboxylic acids is 1. The maximum absolute atomic E-state index is 12.7. The van der Waals surface area contributed by atoms with Crippen LogP contribution in [-0.2, 0) is 11.2 Å². The largest absolute Gasteiger partial charge is 0.476 e. The molecule has 1 aliphatic rings. The fourth-order valence-corrected chi connectivity index (χ4v) is 4.55. The molecule has 2 aromatic heterocycles. The zero-order chi connectivity index (χ0) is 28.3. The molecule has 0 saturated carbocycles. The van der Waals surface area contributed by atoms with Crippen molar-refractivity contribution >= 4 is 23.8 Å². The Hall–Kier alpha value is -4.41. The number of piperidine rings is 1. The summed E-state index contributed by atoms with van der Waals surface area (Å²) in [5.74, 6) is 5.25. The number of nitrogens with one attached hydrogen (secondary N) is 1. The highest BCUT2D eigenvalue weighted by molar-refractivity contribution is 6.04. The van der Waals surface area contributed by atoms with Gasteiger partial charge in [0.2, 0.25) is 0 Å². The Kier molecular flexibility index (Phi) is 7.89. The Labute approximate surface area is 227 Å². The lowest BCUT2D eigenvalue weighted by Gasteiger charge is -2.33. The average Bonchev–Trinajstić information content (AvgIpc) is 3.25. The molecule has 0 radical (unpaired) electrons. The zero-order valence-corrected chi connectivity index (χ0v) is 22.6. The molecule has 1 atom stereocenters. The van der Waals surface area contributed by atoms with Gasteiger partial charge in [-0.3, -0.25) is 4.79 Å². The normalized spacial score (nSPS) is 15.6. The van der Waals surface area contributed by atoms with Crippen LogP contribution >= 0.6 is 0 Å². The van der Waals surface area contributed by atoms with E-state index in [4.69, 9.17) is 10.6 Å². The number of nitrogen functional groups attached to an aromatic ring is 1. The molecule has 2 amide bonds. The van der Waals surface area contributed by atoms with Gasteiger partial charge in [0.25, 0.3) is 5.91 Å². The van der Waals surface area contributed by atoms with E-state index in [1.54, 1.807) is 56.1 Å². The maximum atomic E-state index is 12.7. The smallest absolute Gasteiger partial charge is 0.410 e. The van der Waals surface area contributed by atoms with Crippen molar-refractivity contribution in [3.05, 3.63) is 65.2 Å². The summed E-state index contributed by atoms with van der Waals surface area (Å²) in [5, 5.41) is 12.7. The fourth-order valence-electron chi connectivity index (χ4n) is 4.55. The molecule has 39 heavy (non-hydrogen) atoms. The Morgan fingerprint density at radius 1 is 1.18 bits per heavy atom. The second-order valence-corrected chi connectivity index (χ2v) is 10.5. The summed E-state index contributed by atoms with van der Waals surface area (Å²) in [7, 11) is 0. The second kappa shape index (κ2) is 11.1. The van der Waals surface area contributed by atoms with Gasteiger partial charge in [0.1, 0.15) is 22.9 Å². The van der Waals surface area contributed by atoms with Crippen LogP contribution in [0.15, 0.2) is 42.6 Å². The van der Waals surface area contributed by atoms with E-state index in [1.807, 2.05) is 19.1 Å². The lowest BCUT2D eigenvalue weighted by atomic mass is 9.97. The number of amides is 2. The number of hydrogen-bond acceptors (Lipinski definition) is 7. The van der Waals surface area contributed by atoms with Gasteiger partial charge in [-0.2, -0.15) is 0 Å². The minimum atomic E-state index is -1.23. The molecule has 3 aromatic rings. The van der Waals surface area contributed by atoms with Crippen LogP contribution in [0.4, 0.5) is 10.6 Å². The van der Waals surface area contributed by atoms with Crippen molar-refractivity contribution in [3.63, 3.8) is 0 Å². The number of carboxylic acids is 1. The third-order valence-corrected chi connectivity index (χ3v) is 6.47. The topological polar surface area (TPSA) is 153 Å². The third kappa shape index (κ3) is 6.36.